The minimum Gasteiger partial charge on any atom is -0.660 e. The fourth-order valence-electron chi connectivity index (χ4n) is 4.70. The fraction of sp³-hybridized carbons (Fsp3) is 0.111. The third-order valence-electron chi connectivity index (χ3n) is 6.57. The summed E-state index contributed by atoms with van der Waals surface area (Å²) >= 11 is 0. The van der Waals surface area contributed by atoms with Crippen LogP contribution in [0.5, 0.6) is 0 Å². The summed E-state index contributed by atoms with van der Waals surface area (Å²) in [4.78, 5) is 35.9. The van der Waals surface area contributed by atoms with E-state index in [1.807, 2.05) is 88.4 Å². The summed E-state index contributed by atoms with van der Waals surface area (Å²) in [5.41, 5.74) is 7.57. The third kappa shape index (κ3) is 6.67. The number of nitrogens with zero attached hydrogens (tertiary/aromatic N) is 4. The molecule has 0 radical (unpaired) electrons. The molecule has 6 heteroatoms. The highest BCUT2D eigenvalue weighted by Gasteiger charge is 2.11. The van der Waals surface area contributed by atoms with E-state index in [0.29, 0.717) is 67.8 Å². The van der Waals surface area contributed by atoms with Gasteiger partial charge in [0.05, 0.1) is 0 Å². The zero-order chi connectivity index (χ0) is 29.6. The lowest BCUT2D eigenvalue weighted by Gasteiger charge is -2.28. The highest BCUT2D eigenvalue weighted by molar-refractivity contribution is 6.11. The van der Waals surface area contributed by atoms with E-state index in [9.17, 15) is 9.59 Å². The van der Waals surface area contributed by atoms with Gasteiger partial charge in [0.2, 0.25) is 0 Å². The summed E-state index contributed by atoms with van der Waals surface area (Å²) in [5.74, 6) is -0.159. The van der Waals surface area contributed by atoms with Crippen LogP contribution in [0, 0.1) is 0 Å². The van der Waals surface area contributed by atoms with Gasteiger partial charge in [-0.3, -0.25) is 19.6 Å². The van der Waals surface area contributed by atoms with E-state index in [1.54, 1.807) is 48.5 Å². The van der Waals surface area contributed by atoms with Crippen molar-refractivity contribution >= 4 is 45.7 Å². The molecule has 0 fully saturated rings. The van der Waals surface area contributed by atoms with Gasteiger partial charge in [0.1, 0.15) is 0 Å². The summed E-state index contributed by atoms with van der Waals surface area (Å²) in [6, 6.07) is 29.1. The van der Waals surface area contributed by atoms with Crippen molar-refractivity contribution in [2.24, 2.45) is 9.98 Å². The van der Waals surface area contributed by atoms with Crippen LogP contribution in [0.25, 0.3) is 10.6 Å². The minimum atomic E-state index is -0.0793. The van der Waals surface area contributed by atoms with Gasteiger partial charge in [0.25, 0.3) is 0 Å². The molecule has 0 unspecified atom stereocenters. The number of allylic oxidation sites excluding steroid dienone is 4. The van der Waals surface area contributed by atoms with Crippen LogP contribution in [0.2, 0.25) is 0 Å². The average Bonchev–Trinajstić information content (AvgIpc) is 2.98. The molecule has 0 aliphatic carbocycles. The maximum absolute atomic E-state index is 13.1. The fourth-order valence-corrected chi connectivity index (χ4v) is 4.70. The SMILES string of the molecule is CC1=Nc2ccc(C(=O)c3ccccc3)cc2[N-]/C(C)=C\C(C)=Nc2ccc(C(=O)c3ccccc3)cc2[N-]/C(C)=C\1. The molecule has 0 amide bonds. The number of hydrogen-bond donors (Lipinski definition) is 0. The summed E-state index contributed by atoms with van der Waals surface area (Å²) in [6.07, 6.45) is 3.74. The van der Waals surface area contributed by atoms with Gasteiger partial charge in [0.15, 0.2) is 11.6 Å². The smallest absolute Gasteiger partial charge is 0.192 e. The lowest BCUT2D eigenvalue weighted by atomic mass is 10.0. The van der Waals surface area contributed by atoms with Gasteiger partial charge in [-0.1, -0.05) is 98.8 Å². The topological polar surface area (TPSA) is 87.1 Å². The highest BCUT2D eigenvalue weighted by atomic mass is 16.1. The number of ketones is 2. The van der Waals surface area contributed by atoms with Crippen LogP contribution in [0.1, 0.15) is 59.5 Å². The van der Waals surface area contributed by atoms with Crippen LogP contribution < -0.4 is 0 Å². The molecule has 6 nitrogen and oxygen atoms in total. The number of rotatable bonds is 4. The molecule has 0 bridgehead atoms. The molecule has 0 atom stereocenters. The Morgan fingerprint density at radius 2 is 0.881 bits per heavy atom. The lowest BCUT2D eigenvalue weighted by Crippen LogP contribution is -2.01. The molecule has 4 aromatic rings. The number of aliphatic imine (C=N–C) groups is 2. The van der Waals surface area contributed by atoms with Gasteiger partial charge in [-0.25, -0.2) is 0 Å². The van der Waals surface area contributed by atoms with E-state index < -0.39 is 0 Å². The molecule has 0 spiro atoms. The minimum absolute atomic E-state index is 0.0793. The second kappa shape index (κ2) is 12.4. The second-order valence-electron chi connectivity index (χ2n) is 10.1. The van der Waals surface area contributed by atoms with Crippen molar-refractivity contribution in [3.8, 4) is 0 Å². The van der Waals surface area contributed by atoms with Gasteiger partial charge < -0.3 is 10.6 Å². The second-order valence-corrected chi connectivity index (χ2v) is 10.1. The van der Waals surface area contributed by atoms with Crippen molar-refractivity contribution < 1.29 is 9.59 Å². The summed E-state index contributed by atoms with van der Waals surface area (Å²) in [5, 5.41) is 9.65. The largest absolute Gasteiger partial charge is 0.660 e. The molecule has 1 heterocycles. The number of hydrogen-bond acceptors (Lipinski definition) is 4. The van der Waals surface area contributed by atoms with E-state index in [2.05, 4.69) is 0 Å². The molecular weight excluding hydrogens is 520 g/mol. The van der Waals surface area contributed by atoms with Crippen molar-refractivity contribution in [3.63, 3.8) is 0 Å². The van der Waals surface area contributed by atoms with Crippen LogP contribution in [-0.2, 0) is 0 Å². The Hall–Kier alpha value is -5.36. The number of benzene rings is 4. The Kier molecular flexibility index (Phi) is 8.34. The number of fused-ring (bicyclic) bond motifs is 2. The molecule has 0 saturated heterocycles. The summed E-state index contributed by atoms with van der Waals surface area (Å²) < 4.78 is 0. The Labute approximate surface area is 246 Å². The maximum Gasteiger partial charge on any atom is 0.192 e. The van der Waals surface area contributed by atoms with E-state index in [-0.39, 0.29) is 11.6 Å². The summed E-state index contributed by atoms with van der Waals surface area (Å²) in [7, 11) is 0. The molecule has 1 aliphatic rings. The predicted molar refractivity (Wildman–Crippen MR) is 172 cm³/mol. The first kappa shape index (κ1) is 28.2. The Balaban J connectivity index is 1.55. The third-order valence-corrected chi connectivity index (χ3v) is 6.57. The van der Waals surface area contributed by atoms with E-state index in [4.69, 9.17) is 20.6 Å². The Morgan fingerprint density at radius 1 is 0.500 bits per heavy atom. The molecule has 0 aromatic heterocycles. The van der Waals surface area contributed by atoms with Crippen molar-refractivity contribution in [1.82, 2.24) is 0 Å². The van der Waals surface area contributed by atoms with E-state index in [1.165, 1.54) is 0 Å². The average molecular weight is 551 g/mol. The van der Waals surface area contributed by atoms with Crippen molar-refractivity contribution in [3.05, 3.63) is 153 Å². The van der Waals surface area contributed by atoms with Crippen molar-refractivity contribution in [1.29, 1.82) is 0 Å². The van der Waals surface area contributed by atoms with Gasteiger partial charge in [-0.05, 0) is 38.1 Å². The Bertz CT molecular complexity index is 1650. The molecule has 42 heavy (non-hydrogen) atoms. The van der Waals surface area contributed by atoms with Gasteiger partial charge in [-0.15, -0.1) is 11.4 Å². The van der Waals surface area contributed by atoms with Gasteiger partial charge in [0, 0.05) is 45.1 Å². The number of carbonyl (C=O) groups is 2. The molecule has 208 valence electrons. The zero-order valence-electron chi connectivity index (χ0n) is 24.0. The van der Waals surface area contributed by atoms with Crippen molar-refractivity contribution in [2.45, 2.75) is 27.7 Å². The molecular formula is C36H30N4O2-2. The number of carbonyl (C=O) groups excluding carboxylic acids is 2. The standard InChI is InChI=1S/C36H32N4O2/c1-23-19-25(3)39-34-22-30(36(42)28-13-9-6-10-14-28)16-18-32(34)38-24(2)20-26(4)40-33-21-29(15-17-31(33)37-23)35(41)27-11-7-5-8-12-27/h5-22H,1-4H3,(H2,37,38,39,40,41,42)/p-2. The first-order valence-electron chi connectivity index (χ1n) is 13.6. The Morgan fingerprint density at radius 3 is 1.26 bits per heavy atom. The van der Waals surface area contributed by atoms with Crippen LogP contribution in [0.3, 0.4) is 0 Å². The molecule has 1 aliphatic heterocycles. The highest BCUT2D eigenvalue weighted by Crippen LogP contribution is 2.39. The maximum atomic E-state index is 13.1. The quantitative estimate of drug-likeness (QED) is 0.237. The van der Waals surface area contributed by atoms with Crippen molar-refractivity contribution in [2.75, 3.05) is 0 Å². The molecule has 5 rings (SSSR count). The van der Waals surface area contributed by atoms with Crippen LogP contribution >= 0.6 is 0 Å². The predicted octanol–water partition coefficient (Wildman–Crippen LogP) is 9.87. The van der Waals surface area contributed by atoms with Gasteiger partial charge in [-0.2, -0.15) is 11.4 Å². The van der Waals surface area contributed by atoms with E-state index in [0.717, 1.165) is 0 Å². The van der Waals surface area contributed by atoms with Crippen LogP contribution in [-0.4, -0.2) is 23.0 Å². The monoisotopic (exact) mass is 550 g/mol. The zero-order valence-corrected chi connectivity index (χ0v) is 24.0. The normalized spacial score (nSPS) is 15.9. The summed E-state index contributed by atoms with van der Waals surface area (Å²) in [6.45, 7) is 7.54. The molecule has 0 saturated carbocycles. The van der Waals surface area contributed by atoms with Crippen LogP contribution in [0.4, 0.5) is 22.7 Å². The molecule has 0 N–H and O–H groups in total. The van der Waals surface area contributed by atoms with E-state index >= 15 is 0 Å². The van der Waals surface area contributed by atoms with Crippen LogP contribution in [0.15, 0.2) is 131 Å². The van der Waals surface area contributed by atoms with Gasteiger partial charge >= 0.3 is 0 Å². The first-order chi connectivity index (χ1) is 20.3. The lowest BCUT2D eigenvalue weighted by molar-refractivity contribution is 0.103. The first-order valence-corrected chi connectivity index (χ1v) is 13.6. The molecule has 4 aromatic carbocycles.